The zero-order valence-corrected chi connectivity index (χ0v) is 27.3. The molecule has 0 unspecified atom stereocenters. The van der Waals surface area contributed by atoms with E-state index in [4.69, 9.17) is 14.5 Å². The number of carbonyl (C=O) groups is 3. The number of piperidine rings is 1. The van der Waals surface area contributed by atoms with Crippen LogP contribution in [0.15, 0.2) is 30.3 Å². The Morgan fingerprint density at radius 1 is 1.04 bits per heavy atom. The third-order valence-electron chi connectivity index (χ3n) is 11.0. The molecule has 9 nitrogen and oxygen atoms in total. The maximum absolute atomic E-state index is 14.1. The van der Waals surface area contributed by atoms with Crippen LogP contribution in [-0.2, 0) is 20.5 Å². The van der Waals surface area contributed by atoms with Crippen LogP contribution in [0.5, 0.6) is 5.75 Å². The largest absolute Gasteiger partial charge is 0.496 e. The number of methoxy groups -OCH3 is 2. The Kier molecular flexibility index (Phi) is 8.28. The number of esters is 1. The van der Waals surface area contributed by atoms with Crippen LogP contribution in [-0.4, -0.2) is 56.1 Å². The number of benzene rings is 2. The first-order valence-corrected chi connectivity index (χ1v) is 17.0. The molecule has 7 rings (SSSR count). The van der Waals surface area contributed by atoms with Crippen molar-refractivity contribution in [3.63, 3.8) is 0 Å². The van der Waals surface area contributed by atoms with Crippen LogP contribution in [0.4, 0.5) is 28.4 Å². The van der Waals surface area contributed by atoms with Gasteiger partial charge >= 0.3 is 12.1 Å². The lowest BCUT2D eigenvalue weighted by Crippen LogP contribution is -2.49. The van der Waals surface area contributed by atoms with Gasteiger partial charge in [-0.2, -0.15) is 13.2 Å². The molecular formula is C34H36F4N4O5S. The van der Waals surface area contributed by atoms with Gasteiger partial charge in [0.1, 0.15) is 17.1 Å². The highest BCUT2D eigenvalue weighted by atomic mass is 32.1. The lowest BCUT2D eigenvalue weighted by Gasteiger charge is -2.51. The molecule has 2 amide bonds. The molecule has 1 saturated heterocycles. The summed E-state index contributed by atoms with van der Waals surface area (Å²) in [5, 5.41) is 6.44. The quantitative estimate of drug-likeness (QED) is 0.218. The first-order chi connectivity index (χ1) is 22.9. The third-order valence-corrected chi connectivity index (χ3v) is 12.1. The lowest BCUT2D eigenvalue weighted by molar-refractivity contribution is -0.155. The van der Waals surface area contributed by atoms with E-state index in [1.54, 1.807) is 6.07 Å². The fraction of sp³-hybridized carbons (Fsp3) is 0.529. The number of nitrogens with zero attached hydrogens (tertiary/aromatic N) is 2. The second kappa shape index (κ2) is 12.2. The van der Waals surface area contributed by atoms with E-state index in [-0.39, 0.29) is 34.8 Å². The smallest absolute Gasteiger partial charge is 0.419 e. The van der Waals surface area contributed by atoms with Crippen LogP contribution in [0.3, 0.4) is 0 Å². The van der Waals surface area contributed by atoms with E-state index in [0.29, 0.717) is 40.1 Å². The Labute approximate surface area is 278 Å². The van der Waals surface area contributed by atoms with Gasteiger partial charge in [0.05, 0.1) is 41.8 Å². The van der Waals surface area contributed by atoms with Gasteiger partial charge in [-0.3, -0.25) is 14.4 Å². The molecule has 3 aliphatic carbocycles. The number of ether oxygens (including phenoxy) is 2. The average Bonchev–Trinajstić information content (AvgIpc) is 3.78. The molecule has 2 N–H and O–H groups in total. The third kappa shape index (κ3) is 5.75. The van der Waals surface area contributed by atoms with Crippen LogP contribution in [0.25, 0.3) is 10.2 Å². The first-order valence-electron chi connectivity index (χ1n) is 16.2. The molecule has 256 valence electrons. The summed E-state index contributed by atoms with van der Waals surface area (Å²) in [4.78, 5) is 46.6. The number of alkyl halides is 3. The molecule has 14 heteroatoms. The summed E-state index contributed by atoms with van der Waals surface area (Å²) in [7, 11) is 2.91. The maximum Gasteiger partial charge on any atom is 0.419 e. The van der Waals surface area contributed by atoms with Gasteiger partial charge in [0.25, 0.3) is 5.91 Å². The zero-order chi connectivity index (χ0) is 34.0. The van der Waals surface area contributed by atoms with Crippen molar-refractivity contribution in [1.82, 2.24) is 10.3 Å². The van der Waals surface area contributed by atoms with Gasteiger partial charge in [-0.25, -0.2) is 9.37 Å². The number of halogens is 4. The highest BCUT2D eigenvalue weighted by Crippen LogP contribution is 2.54. The molecule has 4 fully saturated rings. The van der Waals surface area contributed by atoms with E-state index in [2.05, 4.69) is 15.5 Å². The monoisotopic (exact) mass is 688 g/mol. The minimum atomic E-state index is -4.91. The number of aromatic nitrogens is 1. The fourth-order valence-electron chi connectivity index (χ4n) is 8.53. The summed E-state index contributed by atoms with van der Waals surface area (Å²) in [6.45, 7) is 1.57. The fourth-order valence-corrected chi connectivity index (χ4v) is 9.68. The van der Waals surface area contributed by atoms with Crippen molar-refractivity contribution in [2.24, 2.45) is 29.1 Å². The van der Waals surface area contributed by atoms with Crippen LogP contribution >= 0.6 is 11.3 Å². The molecule has 3 saturated carbocycles. The SMILES string of the molecule is COC(=O)C1CC2(CCN(c3nc4ccc(OC)c(C(=O)N[C@@H]5[C@H]6CC[C@H](C6)[C@@H]5C(=O)Nc5ccc(F)c(C(F)(F)F)c5)c4s3)CC2)C1. The van der Waals surface area contributed by atoms with Gasteiger partial charge in [0.15, 0.2) is 5.13 Å². The summed E-state index contributed by atoms with van der Waals surface area (Å²) in [6, 6.07) is 5.35. The lowest BCUT2D eigenvalue weighted by atomic mass is 9.57. The van der Waals surface area contributed by atoms with Crippen molar-refractivity contribution in [3.8, 4) is 5.75 Å². The van der Waals surface area contributed by atoms with E-state index in [1.807, 2.05) is 6.07 Å². The maximum atomic E-state index is 14.1. The molecule has 2 heterocycles. The predicted octanol–water partition coefficient (Wildman–Crippen LogP) is 6.42. The van der Waals surface area contributed by atoms with E-state index in [9.17, 15) is 31.9 Å². The minimum absolute atomic E-state index is 0.0246. The number of thiazole rings is 1. The van der Waals surface area contributed by atoms with Crippen molar-refractivity contribution in [3.05, 3.63) is 47.3 Å². The number of carbonyl (C=O) groups excluding carboxylic acids is 3. The Morgan fingerprint density at radius 3 is 2.46 bits per heavy atom. The van der Waals surface area contributed by atoms with Crippen molar-refractivity contribution < 1.29 is 41.4 Å². The van der Waals surface area contributed by atoms with Gasteiger partial charge in [-0.1, -0.05) is 11.3 Å². The molecular weight excluding hydrogens is 652 g/mol. The topological polar surface area (TPSA) is 110 Å². The number of hydrogen-bond donors (Lipinski definition) is 2. The number of rotatable bonds is 7. The Morgan fingerprint density at radius 2 is 1.77 bits per heavy atom. The van der Waals surface area contributed by atoms with E-state index < -0.39 is 41.3 Å². The first kappa shape index (κ1) is 32.6. The van der Waals surface area contributed by atoms with Crippen molar-refractivity contribution in [2.75, 3.05) is 37.5 Å². The number of amides is 2. The number of hydrogen-bond acceptors (Lipinski definition) is 8. The van der Waals surface area contributed by atoms with Crippen molar-refractivity contribution in [1.29, 1.82) is 0 Å². The number of anilines is 2. The minimum Gasteiger partial charge on any atom is -0.496 e. The predicted molar refractivity (Wildman–Crippen MR) is 170 cm³/mol. The van der Waals surface area contributed by atoms with Crippen molar-refractivity contribution >= 4 is 50.2 Å². The Hall–Kier alpha value is -3.94. The highest BCUT2D eigenvalue weighted by molar-refractivity contribution is 7.22. The van der Waals surface area contributed by atoms with Crippen LogP contribution < -0.4 is 20.3 Å². The van der Waals surface area contributed by atoms with E-state index in [1.165, 1.54) is 25.6 Å². The standard InChI is InChI=1S/C34H36F4N4O5S/c1-46-24-8-7-23-28(48-32(40-23)42-11-9-33(10-12-42)15-19(16-33)31(45)47-2)26(24)30(44)41-27-18-4-3-17(13-18)25(27)29(43)39-20-5-6-22(35)21(14-20)34(36,37)38/h5-8,14,17-19,25,27H,3-4,9-13,15-16H2,1-2H3,(H,39,43)(H,41,44)/t17-,18+,25+,27-/m1/s1. The normalized spacial score (nSPS) is 24.8. The number of fused-ring (bicyclic) bond motifs is 3. The molecule has 2 bridgehead atoms. The average molecular weight is 689 g/mol. The van der Waals surface area contributed by atoms with E-state index in [0.717, 1.165) is 62.8 Å². The molecule has 0 radical (unpaired) electrons. The van der Waals surface area contributed by atoms with Gasteiger partial charge in [0.2, 0.25) is 5.91 Å². The summed E-state index contributed by atoms with van der Waals surface area (Å²) < 4.78 is 64.9. The molecule has 1 aromatic heterocycles. The van der Waals surface area contributed by atoms with Gasteiger partial charge in [0, 0.05) is 24.8 Å². The molecule has 48 heavy (non-hydrogen) atoms. The summed E-state index contributed by atoms with van der Waals surface area (Å²) >= 11 is 1.41. The summed E-state index contributed by atoms with van der Waals surface area (Å²) in [6.07, 6.45) is 0.952. The van der Waals surface area contributed by atoms with E-state index >= 15 is 0 Å². The molecule has 4 aliphatic rings. The van der Waals surface area contributed by atoms with Crippen LogP contribution in [0.2, 0.25) is 0 Å². The van der Waals surface area contributed by atoms with Crippen LogP contribution in [0, 0.1) is 34.9 Å². The number of nitrogens with one attached hydrogen (secondary N) is 2. The van der Waals surface area contributed by atoms with Gasteiger partial charge in [-0.15, -0.1) is 0 Å². The molecule has 1 spiro atoms. The Bertz CT molecular complexity index is 1760. The van der Waals surface area contributed by atoms with Crippen LogP contribution in [0.1, 0.15) is 60.9 Å². The van der Waals surface area contributed by atoms with Gasteiger partial charge in [-0.05, 0) is 92.5 Å². The highest BCUT2D eigenvalue weighted by Gasteiger charge is 2.52. The second-order valence-corrected chi connectivity index (χ2v) is 14.6. The van der Waals surface area contributed by atoms with Gasteiger partial charge < -0.3 is 25.0 Å². The molecule has 2 aromatic carbocycles. The summed E-state index contributed by atoms with van der Waals surface area (Å²) in [5.41, 5.74) is -0.491. The zero-order valence-electron chi connectivity index (χ0n) is 26.5. The second-order valence-electron chi connectivity index (χ2n) is 13.6. The Balaban J connectivity index is 1.09. The molecule has 3 aromatic rings. The summed E-state index contributed by atoms with van der Waals surface area (Å²) in [5.74, 6) is -2.82. The molecule has 4 atom stereocenters. The molecule has 1 aliphatic heterocycles. The van der Waals surface area contributed by atoms with Crippen molar-refractivity contribution in [2.45, 2.75) is 57.2 Å².